The number of amides is 3. The van der Waals surface area contributed by atoms with E-state index in [1.807, 2.05) is 56.3 Å². The highest BCUT2D eigenvalue weighted by Crippen LogP contribution is 2.27. The van der Waals surface area contributed by atoms with Gasteiger partial charge in [0.05, 0.1) is 5.92 Å². The second-order valence-corrected chi connectivity index (χ2v) is 8.77. The van der Waals surface area contributed by atoms with Crippen molar-refractivity contribution in [1.82, 2.24) is 0 Å². The van der Waals surface area contributed by atoms with Crippen LogP contribution in [0.3, 0.4) is 0 Å². The molecule has 0 spiro atoms. The first kappa shape index (κ1) is 23.2. The summed E-state index contributed by atoms with van der Waals surface area (Å²) in [5, 5.41) is 5.80. The standard InChI is InChI=1S/C28H29N3O3/c1-4-20-9-11-24(12-10-20)31-17-22(16-26(31)32)28(34)29-23-7-5-6-21(15-23)27(33)30-25-13-8-18(2)14-19(25)3/h5-15,22H,4,16-17H2,1-3H3,(H,29,34)(H,30,33)/t22-/m0/s1. The van der Waals surface area contributed by atoms with Crippen LogP contribution in [0, 0.1) is 19.8 Å². The van der Waals surface area contributed by atoms with E-state index >= 15 is 0 Å². The van der Waals surface area contributed by atoms with Crippen molar-refractivity contribution >= 4 is 34.8 Å². The van der Waals surface area contributed by atoms with Crippen LogP contribution in [0.1, 0.15) is 40.4 Å². The first-order valence-corrected chi connectivity index (χ1v) is 11.5. The molecule has 1 atom stereocenters. The molecule has 1 heterocycles. The van der Waals surface area contributed by atoms with Gasteiger partial charge < -0.3 is 15.5 Å². The van der Waals surface area contributed by atoms with Crippen molar-refractivity contribution in [1.29, 1.82) is 0 Å². The lowest BCUT2D eigenvalue weighted by Crippen LogP contribution is -2.28. The summed E-state index contributed by atoms with van der Waals surface area (Å²) in [6, 6.07) is 20.5. The van der Waals surface area contributed by atoms with Gasteiger partial charge in [-0.05, 0) is 67.8 Å². The number of aryl methyl sites for hydroxylation is 3. The van der Waals surface area contributed by atoms with Crippen molar-refractivity contribution in [3.8, 4) is 0 Å². The Hall–Kier alpha value is -3.93. The van der Waals surface area contributed by atoms with E-state index < -0.39 is 5.92 Å². The Morgan fingerprint density at radius 3 is 2.44 bits per heavy atom. The van der Waals surface area contributed by atoms with Crippen LogP contribution in [0.5, 0.6) is 0 Å². The molecular weight excluding hydrogens is 426 g/mol. The molecule has 0 aliphatic carbocycles. The zero-order chi connectivity index (χ0) is 24.2. The van der Waals surface area contributed by atoms with Crippen LogP contribution in [0.4, 0.5) is 17.1 Å². The predicted molar refractivity (Wildman–Crippen MR) is 135 cm³/mol. The quantitative estimate of drug-likeness (QED) is 0.542. The highest BCUT2D eigenvalue weighted by Gasteiger charge is 2.35. The largest absolute Gasteiger partial charge is 0.326 e. The van der Waals surface area contributed by atoms with Crippen molar-refractivity contribution in [3.63, 3.8) is 0 Å². The van der Waals surface area contributed by atoms with E-state index in [2.05, 4.69) is 17.6 Å². The fourth-order valence-corrected chi connectivity index (χ4v) is 4.18. The topological polar surface area (TPSA) is 78.5 Å². The van der Waals surface area contributed by atoms with Gasteiger partial charge in [-0.2, -0.15) is 0 Å². The molecule has 0 radical (unpaired) electrons. The van der Waals surface area contributed by atoms with Crippen LogP contribution in [0.15, 0.2) is 66.7 Å². The minimum Gasteiger partial charge on any atom is -0.326 e. The summed E-state index contributed by atoms with van der Waals surface area (Å²) < 4.78 is 0. The van der Waals surface area contributed by atoms with Crippen molar-refractivity contribution in [2.24, 2.45) is 5.92 Å². The maximum absolute atomic E-state index is 12.9. The number of hydrogen-bond acceptors (Lipinski definition) is 3. The molecule has 4 rings (SSSR count). The van der Waals surface area contributed by atoms with Crippen molar-refractivity contribution < 1.29 is 14.4 Å². The van der Waals surface area contributed by atoms with Crippen LogP contribution in [-0.4, -0.2) is 24.3 Å². The number of anilines is 3. The normalized spacial score (nSPS) is 15.3. The molecule has 1 saturated heterocycles. The number of nitrogens with zero attached hydrogens (tertiary/aromatic N) is 1. The second-order valence-electron chi connectivity index (χ2n) is 8.77. The molecule has 3 aromatic rings. The molecule has 174 valence electrons. The average molecular weight is 456 g/mol. The van der Waals surface area contributed by atoms with Gasteiger partial charge in [-0.15, -0.1) is 0 Å². The average Bonchev–Trinajstić information content (AvgIpc) is 3.23. The molecule has 3 amide bonds. The zero-order valence-electron chi connectivity index (χ0n) is 19.7. The predicted octanol–water partition coefficient (Wildman–Crippen LogP) is 5.11. The Labute approximate surface area is 200 Å². The monoisotopic (exact) mass is 455 g/mol. The Morgan fingerprint density at radius 1 is 0.971 bits per heavy atom. The lowest BCUT2D eigenvalue weighted by molar-refractivity contribution is -0.122. The third-order valence-electron chi connectivity index (χ3n) is 6.17. The van der Waals surface area contributed by atoms with Crippen LogP contribution in [-0.2, 0) is 16.0 Å². The van der Waals surface area contributed by atoms with E-state index in [0.717, 1.165) is 28.9 Å². The minimum absolute atomic E-state index is 0.0639. The van der Waals surface area contributed by atoms with Crippen molar-refractivity contribution in [2.75, 3.05) is 22.1 Å². The zero-order valence-corrected chi connectivity index (χ0v) is 19.7. The number of rotatable bonds is 6. The smallest absolute Gasteiger partial charge is 0.255 e. The molecular formula is C28H29N3O3. The Kier molecular flexibility index (Phi) is 6.77. The highest BCUT2D eigenvalue weighted by molar-refractivity contribution is 6.06. The van der Waals surface area contributed by atoms with Crippen molar-refractivity contribution in [3.05, 3.63) is 89.0 Å². The Balaban J connectivity index is 1.41. The number of hydrogen-bond donors (Lipinski definition) is 2. The lowest BCUT2D eigenvalue weighted by Gasteiger charge is -2.17. The molecule has 0 saturated carbocycles. The molecule has 1 aliphatic rings. The summed E-state index contributed by atoms with van der Waals surface area (Å²) in [5.41, 5.74) is 5.84. The SMILES string of the molecule is CCc1ccc(N2C[C@@H](C(=O)Nc3cccc(C(=O)Nc4ccc(C)cc4C)c3)CC2=O)cc1. The van der Waals surface area contributed by atoms with Crippen LogP contribution in [0.25, 0.3) is 0 Å². The number of nitrogens with one attached hydrogen (secondary N) is 2. The minimum atomic E-state index is -0.453. The number of benzene rings is 3. The molecule has 1 fully saturated rings. The summed E-state index contributed by atoms with van der Waals surface area (Å²) in [7, 11) is 0. The maximum atomic E-state index is 12.9. The maximum Gasteiger partial charge on any atom is 0.255 e. The van der Waals surface area contributed by atoms with E-state index in [-0.39, 0.29) is 24.1 Å². The third-order valence-corrected chi connectivity index (χ3v) is 6.17. The molecule has 6 heteroatoms. The molecule has 0 bridgehead atoms. The summed E-state index contributed by atoms with van der Waals surface area (Å²) >= 11 is 0. The highest BCUT2D eigenvalue weighted by atomic mass is 16.2. The van der Waals surface area contributed by atoms with Crippen LogP contribution in [0.2, 0.25) is 0 Å². The van der Waals surface area contributed by atoms with Crippen molar-refractivity contribution in [2.45, 2.75) is 33.6 Å². The molecule has 0 aromatic heterocycles. The van der Waals surface area contributed by atoms with E-state index in [0.29, 0.717) is 17.8 Å². The summed E-state index contributed by atoms with van der Waals surface area (Å²) in [6.07, 6.45) is 1.09. The van der Waals surface area contributed by atoms with E-state index in [9.17, 15) is 14.4 Å². The van der Waals surface area contributed by atoms with Gasteiger partial charge in [-0.25, -0.2) is 0 Å². The van der Waals surface area contributed by atoms with Gasteiger partial charge >= 0.3 is 0 Å². The molecule has 34 heavy (non-hydrogen) atoms. The van der Waals surface area contributed by atoms with Gasteiger partial charge in [0, 0.05) is 35.6 Å². The first-order valence-electron chi connectivity index (χ1n) is 11.5. The van der Waals surface area contributed by atoms with Gasteiger partial charge in [-0.3, -0.25) is 14.4 Å². The fourth-order valence-electron chi connectivity index (χ4n) is 4.18. The molecule has 6 nitrogen and oxygen atoms in total. The van der Waals surface area contributed by atoms with Gasteiger partial charge in [0.2, 0.25) is 11.8 Å². The molecule has 3 aromatic carbocycles. The fraction of sp³-hybridized carbons (Fsp3) is 0.250. The van der Waals surface area contributed by atoms with Gasteiger partial charge in [0.25, 0.3) is 5.91 Å². The van der Waals surface area contributed by atoms with Crippen LogP contribution < -0.4 is 15.5 Å². The van der Waals surface area contributed by atoms with Crippen LogP contribution >= 0.6 is 0 Å². The third kappa shape index (κ3) is 5.17. The van der Waals surface area contributed by atoms with Gasteiger partial charge in [0.15, 0.2) is 0 Å². The number of carbonyl (C=O) groups is 3. The van der Waals surface area contributed by atoms with Gasteiger partial charge in [0.1, 0.15) is 0 Å². The molecule has 0 unspecified atom stereocenters. The Bertz CT molecular complexity index is 1230. The summed E-state index contributed by atoms with van der Waals surface area (Å²) in [6.45, 7) is 6.37. The molecule has 2 N–H and O–H groups in total. The second kappa shape index (κ2) is 9.91. The van der Waals surface area contributed by atoms with Gasteiger partial charge in [-0.1, -0.05) is 42.8 Å². The van der Waals surface area contributed by atoms with E-state index in [1.165, 1.54) is 5.56 Å². The lowest BCUT2D eigenvalue weighted by atomic mass is 10.1. The molecule has 1 aliphatic heterocycles. The van der Waals surface area contributed by atoms with E-state index in [4.69, 9.17) is 0 Å². The number of carbonyl (C=O) groups excluding carboxylic acids is 3. The van der Waals surface area contributed by atoms with E-state index in [1.54, 1.807) is 29.2 Å². The summed E-state index contributed by atoms with van der Waals surface area (Å²) in [4.78, 5) is 39.9. The summed E-state index contributed by atoms with van der Waals surface area (Å²) in [5.74, 6) is -0.995. The first-order chi connectivity index (χ1) is 16.3. The Morgan fingerprint density at radius 2 is 1.74 bits per heavy atom.